The van der Waals surface area contributed by atoms with Gasteiger partial charge in [0.05, 0.1) is 13.7 Å². The number of carbonyl (C=O) groups is 1. The minimum absolute atomic E-state index is 0.322. The van der Waals surface area contributed by atoms with Crippen LogP contribution >= 0.6 is 0 Å². The Hall–Kier alpha value is -1.97. The number of rotatable bonds is 6. The smallest absolute Gasteiger partial charge is 0.332 e. The van der Waals surface area contributed by atoms with Crippen molar-refractivity contribution in [2.24, 2.45) is 0 Å². The summed E-state index contributed by atoms with van der Waals surface area (Å²) in [6, 6.07) is 7.76. The maximum absolute atomic E-state index is 11.2. The molecule has 0 spiro atoms. The molecule has 0 saturated heterocycles. The Morgan fingerprint density at radius 3 is 2.56 bits per heavy atom. The van der Waals surface area contributed by atoms with E-state index >= 15 is 0 Å². The second kappa shape index (κ2) is 7.37. The van der Waals surface area contributed by atoms with Gasteiger partial charge < -0.3 is 14.8 Å². The molecule has 0 bridgehead atoms. The summed E-state index contributed by atoms with van der Waals surface area (Å²) < 4.78 is 9.90. The molecule has 0 atom stereocenters. The van der Waals surface area contributed by atoms with Gasteiger partial charge in [-0.1, -0.05) is 12.1 Å². The topological polar surface area (TPSA) is 47.6 Å². The van der Waals surface area contributed by atoms with Gasteiger partial charge >= 0.3 is 5.97 Å². The summed E-state index contributed by atoms with van der Waals surface area (Å²) >= 11 is 0. The van der Waals surface area contributed by atoms with Gasteiger partial charge in [0.1, 0.15) is 5.75 Å². The Labute approximate surface area is 108 Å². The first-order valence-electron chi connectivity index (χ1n) is 5.87. The first-order chi connectivity index (χ1) is 8.65. The van der Waals surface area contributed by atoms with E-state index in [-0.39, 0.29) is 5.97 Å². The molecule has 1 rings (SSSR count). The van der Waals surface area contributed by atoms with Crippen molar-refractivity contribution in [3.63, 3.8) is 0 Å². The SMILES string of the molecule is CCOC(=O)/C=C(/C)NCc1ccc(OC)cc1. The first-order valence-corrected chi connectivity index (χ1v) is 5.87. The van der Waals surface area contributed by atoms with Gasteiger partial charge in [-0.25, -0.2) is 4.79 Å². The number of methoxy groups -OCH3 is 1. The number of ether oxygens (including phenoxy) is 2. The average molecular weight is 249 g/mol. The highest BCUT2D eigenvalue weighted by Crippen LogP contribution is 2.11. The van der Waals surface area contributed by atoms with E-state index in [1.165, 1.54) is 6.08 Å². The molecule has 0 amide bonds. The van der Waals surface area contributed by atoms with Crippen LogP contribution in [0.3, 0.4) is 0 Å². The van der Waals surface area contributed by atoms with E-state index in [1.54, 1.807) is 14.0 Å². The molecule has 1 aromatic carbocycles. The fourth-order valence-electron chi connectivity index (χ4n) is 1.40. The van der Waals surface area contributed by atoms with Crippen LogP contribution in [0.4, 0.5) is 0 Å². The number of nitrogens with one attached hydrogen (secondary N) is 1. The molecule has 4 nitrogen and oxygen atoms in total. The van der Waals surface area contributed by atoms with E-state index in [0.29, 0.717) is 13.2 Å². The minimum atomic E-state index is -0.322. The van der Waals surface area contributed by atoms with E-state index in [2.05, 4.69) is 5.32 Å². The van der Waals surface area contributed by atoms with E-state index in [1.807, 2.05) is 31.2 Å². The third-order valence-electron chi connectivity index (χ3n) is 2.35. The summed E-state index contributed by atoms with van der Waals surface area (Å²) in [5.41, 5.74) is 1.90. The molecule has 1 aromatic rings. The highest BCUT2D eigenvalue weighted by atomic mass is 16.5. The lowest BCUT2D eigenvalue weighted by atomic mass is 10.2. The van der Waals surface area contributed by atoms with Crippen molar-refractivity contribution in [1.82, 2.24) is 5.32 Å². The number of benzene rings is 1. The zero-order valence-corrected chi connectivity index (χ0v) is 11.0. The van der Waals surface area contributed by atoms with Crippen LogP contribution in [0.1, 0.15) is 19.4 Å². The van der Waals surface area contributed by atoms with Crippen molar-refractivity contribution in [1.29, 1.82) is 0 Å². The Morgan fingerprint density at radius 2 is 2.00 bits per heavy atom. The minimum Gasteiger partial charge on any atom is -0.497 e. The molecule has 0 aliphatic rings. The molecular weight excluding hydrogens is 230 g/mol. The summed E-state index contributed by atoms with van der Waals surface area (Å²) in [6.45, 7) is 4.67. The highest BCUT2D eigenvalue weighted by molar-refractivity contribution is 5.82. The monoisotopic (exact) mass is 249 g/mol. The summed E-state index contributed by atoms with van der Waals surface area (Å²) in [7, 11) is 1.64. The first kappa shape index (κ1) is 14.1. The molecule has 0 heterocycles. The molecule has 4 heteroatoms. The average Bonchev–Trinajstić information content (AvgIpc) is 2.37. The molecule has 0 saturated carbocycles. The van der Waals surface area contributed by atoms with Crippen molar-refractivity contribution < 1.29 is 14.3 Å². The van der Waals surface area contributed by atoms with E-state index in [9.17, 15) is 4.79 Å². The maximum atomic E-state index is 11.2. The molecule has 0 unspecified atom stereocenters. The van der Waals surface area contributed by atoms with Gasteiger partial charge in [0.15, 0.2) is 0 Å². The molecule has 0 aliphatic carbocycles. The van der Waals surface area contributed by atoms with Crippen LogP contribution in [0.15, 0.2) is 36.0 Å². The van der Waals surface area contributed by atoms with Gasteiger partial charge in [0.2, 0.25) is 0 Å². The van der Waals surface area contributed by atoms with Crippen LogP contribution in [-0.2, 0) is 16.1 Å². The Morgan fingerprint density at radius 1 is 1.33 bits per heavy atom. The zero-order chi connectivity index (χ0) is 13.4. The van der Waals surface area contributed by atoms with Crippen LogP contribution in [0.2, 0.25) is 0 Å². The van der Waals surface area contributed by atoms with Crippen molar-refractivity contribution in [3.05, 3.63) is 41.6 Å². The van der Waals surface area contributed by atoms with Crippen molar-refractivity contribution >= 4 is 5.97 Å². The molecule has 0 fully saturated rings. The van der Waals surface area contributed by atoms with Gasteiger partial charge in [0, 0.05) is 18.3 Å². The summed E-state index contributed by atoms with van der Waals surface area (Å²) in [5.74, 6) is 0.509. The van der Waals surface area contributed by atoms with Gasteiger partial charge in [-0.05, 0) is 31.5 Å². The van der Waals surface area contributed by atoms with E-state index in [4.69, 9.17) is 9.47 Å². The van der Waals surface area contributed by atoms with Gasteiger partial charge in [-0.15, -0.1) is 0 Å². The lowest BCUT2D eigenvalue weighted by Crippen LogP contribution is -2.12. The van der Waals surface area contributed by atoms with Crippen molar-refractivity contribution in [2.75, 3.05) is 13.7 Å². The van der Waals surface area contributed by atoms with Crippen LogP contribution in [-0.4, -0.2) is 19.7 Å². The summed E-state index contributed by atoms with van der Waals surface area (Å²) in [4.78, 5) is 11.2. The maximum Gasteiger partial charge on any atom is 0.332 e. The predicted molar refractivity (Wildman–Crippen MR) is 70.2 cm³/mol. The molecule has 1 N–H and O–H groups in total. The Balaban J connectivity index is 2.46. The van der Waals surface area contributed by atoms with Crippen molar-refractivity contribution in [3.8, 4) is 5.75 Å². The van der Waals surface area contributed by atoms with Gasteiger partial charge in [-0.2, -0.15) is 0 Å². The summed E-state index contributed by atoms with van der Waals surface area (Å²) in [5, 5.41) is 3.15. The lowest BCUT2D eigenvalue weighted by Gasteiger charge is -2.07. The van der Waals surface area contributed by atoms with Crippen LogP contribution < -0.4 is 10.1 Å². The third-order valence-corrected chi connectivity index (χ3v) is 2.35. The zero-order valence-electron chi connectivity index (χ0n) is 11.0. The molecule has 0 aliphatic heterocycles. The summed E-state index contributed by atoms with van der Waals surface area (Å²) in [6.07, 6.45) is 1.45. The molecule has 0 radical (unpaired) electrons. The lowest BCUT2D eigenvalue weighted by molar-refractivity contribution is -0.137. The quantitative estimate of drug-likeness (QED) is 0.620. The number of allylic oxidation sites excluding steroid dienone is 1. The largest absolute Gasteiger partial charge is 0.497 e. The molecule has 18 heavy (non-hydrogen) atoms. The number of hydrogen-bond acceptors (Lipinski definition) is 4. The highest BCUT2D eigenvalue weighted by Gasteiger charge is 1.98. The molecular formula is C14H19NO3. The normalized spacial score (nSPS) is 10.9. The van der Waals surface area contributed by atoms with Crippen LogP contribution in [0, 0.1) is 0 Å². The fourth-order valence-corrected chi connectivity index (χ4v) is 1.40. The molecule has 98 valence electrons. The fraction of sp³-hybridized carbons (Fsp3) is 0.357. The number of esters is 1. The third kappa shape index (κ3) is 4.91. The van der Waals surface area contributed by atoms with E-state index < -0.39 is 0 Å². The van der Waals surface area contributed by atoms with E-state index in [0.717, 1.165) is 17.0 Å². The van der Waals surface area contributed by atoms with Crippen LogP contribution in [0.5, 0.6) is 5.75 Å². The number of hydrogen-bond donors (Lipinski definition) is 1. The van der Waals surface area contributed by atoms with Gasteiger partial charge in [0.25, 0.3) is 0 Å². The Kier molecular flexibility index (Phi) is 5.77. The second-order valence-electron chi connectivity index (χ2n) is 3.78. The number of carbonyl (C=O) groups excluding carboxylic acids is 1. The second-order valence-corrected chi connectivity index (χ2v) is 3.78. The standard InChI is InChI=1S/C14H19NO3/c1-4-18-14(16)9-11(2)15-10-12-5-7-13(17-3)8-6-12/h5-9,15H,4,10H2,1-3H3/b11-9-. The Bertz CT molecular complexity index is 410. The van der Waals surface area contributed by atoms with Crippen molar-refractivity contribution in [2.45, 2.75) is 20.4 Å². The van der Waals surface area contributed by atoms with Gasteiger partial charge in [-0.3, -0.25) is 0 Å². The van der Waals surface area contributed by atoms with Crippen LogP contribution in [0.25, 0.3) is 0 Å². The predicted octanol–water partition coefficient (Wildman–Crippen LogP) is 2.25. The molecule has 0 aromatic heterocycles.